The van der Waals surface area contributed by atoms with Crippen molar-refractivity contribution in [3.05, 3.63) is 99.6 Å². The molecule has 3 aromatic rings. The van der Waals surface area contributed by atoms with Crippen LogP contribution in [0.3, 0.4) is 0 Å². The Hall–Kier alpha value is -4.53. The number of ether oxygens (including phenoxy) is 1. The van der Waals surface area contributed by atoms with Crippen molar-refractivity contribution in [1.29, 1.82) is 5.41 Å². The van der Waals surface area contributed by atoms with E-state index in [0.29, 0.717) is 11.1 Å². The van der Waals surface area contributed by atoms with Crippen LogP contribution in [0.25, 0.3) is 11.1 Å². The molecule has 0 saturated carbocycles. The summed E-state index contributed by atoms with van der Waals surface area (Å²) in [6, 6.07) is 19.7. The summed E-state index contributed by atoms with van der Waals surface area (Å²) in [5, 5.41) is 22.1. The Balaban J connectivity index is 1.85. The monoisotopic (exact) mass is 474 g/mol. The Labute approximate surface area is 202 Å². The van der Waals surface area contributed by atoms with Crippen molar-refractivity contribution in [2.75, 3.05) is 7.11 Å². The fourth-order valence-electron chi connectivity index (χ4n) is 3.81. The summed E-state index contributed by atoms with van der Waals surface area (Å²) in [6.07, 6.45) is 0.213. The molecule has 0 saturated heterocycles. The van der Waals surface area contributed by atoms with Gasteiger partial charge >= 0.3 is 5.97 Å². The van der Waals surface area contributed by atoms with E-state index in [1.807, 2.05) is 30.3 Å². The Kier molecular flexibility index (Phi) is 7.93. The topological polar surface area (TPSA) is 148 Å². The Morgan fingerprint density at radius 2 is 1.77 bits per heavy atom. The van der Waals surface area contributed by atoms with Gasteiger partial charge in [0.1, 0.15) is 11.4 Å². The number of amidine groups is 1. The number of esters is 1. The van der Waals surface area contributed by atoms with Gasteiger partial charge in [-0.15, -0.1) is 0 Å². The Morgan fingerprint density at radius 3 is 2.40 bits per heavy atom. The minimum absolute atomic E-state index is 0.103. The quantitative estimate of drug-likeness (QED) is 0.142. The molecule has 0 aliphatic rings. The highest BCUT2D eigenvalue weighted by Gasteiger charge is 2.30. The molecule has 0 aromatic heterocycles. The molecule has 0 aliphatic heterocycles. The summed E-state index contributed by atoms with van der Waals surface area (Å²) in [5.74, 6) is -2.09. The van der Waals surface area contributed by atoms with Gasteiger partial charge in [0.15, 0.2) is 0 Å². The largest absolute Gasteiger partial charge is 0.469 e. The average Bonchev–Trinajstić information content (AvgIpc) is 2.86. The van der Waals surface area contributed by atoms with Crippen LogP contribution >= 0.6 is 0 Å². The third-order valence-corrected chi connectivity index (χ3v) is 5.71. The number of methoxy groups -OCH3 is 1. The minimum Gasteiger partial charge on any atom is -0.469 e. The highest BCUT2D eigenvalue weighted by atomic mass is 16.6. The predicted molar refractivity (Wildman–Crippen MR) is 132 cm³/mol. The first-order valence-corrected chi connectivity index (χ1v) is 10.9. The van der Waals surface area contributed by atoms with Crippen LogP contribution in [-0.4, -0.2) is 35.8 Å². The Morgan fingerprint density at radius 1 is 1.06 bits per heavy atom. The molecule has 3 rings (SSSR count). The molecule has 2 unspecified atom stereocenters. The zero-order valence-corrected chi connectivity index (χ0v) is 19.4. The van der Waals surface area contributed by atoms with Crippen molar-refractivity contribution in [3.8, 4) is 11.1 Å². The molecule has 1 amide bonds. The van der Waals surface area contributed by atoms with E-state index in [1.165, 1.54) is 19.2 Å². The summed E-state index contributed by atoms with van der Waals surface area (Å²) in [6.45, 7) is 1.64. The maximum atomic E-state index is 13.0. The lowest BCUT2D eigenvalue weighted by molar-refractivity contribution is -0.385. The second-order valence-corrected chi connectivity index (χ2v) is 8.07. The number of rotatable bonds is 9. The van der Waals surface area contributed by atoms with Crippen LogP contribution in [0.2, 0.25) is 0 Å². The fraction of sp³-hybridized carbons (Fsp3) is 0.192. The standard InChI is InChI=1S/C26H26N4O5/c1-16(22(26(32)35-2)14-17-7-6-10-20(13-17)24(27)28)29-25(31)21-12-11-19(15-23(21)30(33)34)18-8-4-3-5-9-18/h3-13,15-16,22H,14H2,1-2H3,(H3,27,28)(H,29,31). The number of nitrogens with one attached hydrogen (secondary N) is 2. The molecule has 9 nitrogen and oxygen atoms in total. The van der Waals surface area contributed by atoms with E-state index in [2.05, 4.69) is 5.32 Å². The molecule has 9 heteroatoms. The molecule has 0 radical (unpaired) electrons. The molecule has 35 heavy (non-hydrogen) atoms. The van der Waals surface area contributed by atoms with Crippen LogP contribution < -0.4 is 11.1 Å². The molecular weight excluding hydrogens is 448 g/mol. The van der Waals surface area contributed by atoms with Crippen molar-refractivity contribution < 1.29 is 19.2 Å². The van der Waals surface area contributed by atoms with E-state index in [-0.39, 0.29) is 23.5 Å². The van der Waals surface area contributed by atoms with Gasteiger partial charge in [-0.1, -0.05) is 54.6 Å². The van der Waals surface area contributed by atoms with E-state index in [9.17, 15) is 19.7 Å². The maximum absolute atomic E-state index is 13.0. The highest BCUT2D eigenvalue weighted by molar-refractivity contribution is 5.99. The summed E-state index contributed by atoms with van der Waals surface area (Å²) in [4.78, 5) is 36.7. The van der Waals surface area contributed by atoms with Gasteiger partial charge in [-0.25, -0.2) is 0 Å². The number of benzene rings is 3. The number of nitrogen functional groups attached to an aromatic ring is 1. The third kappa shape index (κ3) is 6.08. The van der Waals surface area contributed by atoms with Crippen molar-refractivity contribution in [1.82, 2.24) is 5.32 Å². The van der Waals surface area contributed by atoms with Gasteiger partial charge in [0.25, 0.3) is 11.6 Å². The number of nitro groups is 1. The number of amides is 1. The first kappa shape index (κ1) is 25.1. The van der Waals surface area contributed by atoms with Crippen molar-refractivity contribution in [3.63, 3.8) is 0 Å². The number of carbonyl (C=O) groups excluding carboxylic acids is 2. The first-order valence-electron chi connectivity index (χ1n) is 10.9. The van der Waals surface area contributed by atoms with Gasteiger partial charge in [-0.05, 0) is 42.2 Å². The van der Waals surface area contributed by atoms with Crippen LogP contribution in [0.1, 0.15) is 28.4 Å². The molecule has 0 aliphatic carbocycles. The van der Waals surface area contributed by atoms with Crippen LogP contribution in [0.15, 0.2) is 72.8 Å². The molecule has 4 N–H and O–H groups in total. The number of hydrogen-bond donors (Lipinski definition) is 3. The third-order valence-electron chi connectivity index (χ3n) is 5.71. The van der Waals surface area contributed by atoms with Gasteiger partial charge in [-0.3, -0.25) is 25.1 Å². The molecule has 2 atom stereocenters. The summed E-state index contributed by atoms with van der Waals surface area (Å²) in [7, 11) is 1.25. The van der Waals surface area contributed by atoms with Crippen molar-refractivity contribution in [2.24, 2.45) is 11.7 Å². The summed E-state index contributed by atoms with van der Waals surface area (Å²) in [5.41, 5.74) is 7.75. The second-order valence-electron chi connectivity index (χ2n) is 8.07. The molecule has 0 fully saturated rings. The summed E-state index contributed by atoms with van der Waals surface area (Å²) >= 11 is 0. The van der Waals surface area contributed by atoms with Crippen molar-refractivity contribution in [2.45, 2.75) is 19.4 Å². The number of hydrogen-bond acceptors (Lipinski definition) is 6. The molecular formula is C26H26N4O5. The van der Waals surface area contributed by atoms with Crippen LogP contribution in [0.4, 0.5) is 5.69 Å². The smallest absolute Gasteiger partial charge is 0.311 e. The maximum Gasteiger partial charge on any atom is 0.311 e. The second kappa shape index (κ2) is 11.1. The Bertz CT molecular complexity index is 1260. The number of nitrogens with two attached hydrogens (primary N) is 1. The van der Waals surface area contributed by atoms with Gasteiger partial charge < -0.3 is 15.8 Å². The lowest BCUT2D eigenvalue weighted by atomic mass is 9.92. The van der Waals surface area contributed by atoms with E-state index in [1.54, 1.807) is 37.3 Å². The van der Waals surface area contributed by atoms with Crippen molar-refractivity contribution >= 4 is 23.4 Å². The lowest BCUT2D eigenvalue weighted by Crippen LogP contribution is -2.43. The zero-order valence-electron chi connectivity index (χ0n) is 19.4. The van der Waals surface area contributed by atoms with Crippen LogP contribution in [0.5, 0.6) is 0 Å². The molecule has 3 aromatic carbocycles. The molecule has 0 heterocycles. The summed E-state index contributed by atoms with van der Waals surface area (Å²) < 4.78 is 4.93. The van der Waals surface area contributed by atoms with Crippen LogP contribution in [0, 0.1) is 21.4 Å². The first-order chi connectivity index (χ1) is 16.7. The molecule has 0 spiro atoms. The van der Waals surface area contributed by atoms with Gasteiger partial charge in [0.2, 0.25) is 0 Å². The SMILES string of the molecule is COC(=O)C(Cc1cccc(C(=N)N)c1)C(C)NC(=O)c1ccc(-c2ccccc2)cc1[N+](=O)[O-]. The average molecular weight is 475 g/mol. The highest BCUT2D eigenvalue weighted by Crippen LogP contribution is 2.27. The number of nitro benzene ring substituents is 1. The van der Waals surface area contributed by atoms with Gasteiger partial charge in [0.05, 0.1) is 18.0 Å². The minimum atomic E-state index is -0.770. The van der Waals surface area contributed by atoms with Gasteiger partial charge in [0, 0.05) is 17.7 Å². The van der Waals surface area contributed by atoms with E-state index in [0.717, 1.165) is 11.1 Å². The number of nitrogens with zero attached hydrogens (tertiary/aromatic N) is 1. The van der Waals surface area contributed by atoms with Gasteiger partial charge in [-0.2, -0.15) is 0 Å². The molecule has 0 bridgehead atoms. The van der Waals surface area contributed by atoms with E-state index < -0.39 is 28.8 Å². The lowest BCUT2D eigenvalue weighted by Gasteiger charge is -2.23. The fourth-order valence-corrected chi connectivity index (χ4v) is 3.81. The molecule has 180 valence electrons. The van der Waals surface area contributed by atoms with E-state index in [4.69, 9.17) is 15.9 Å². The van der Waals surface area contributed by atoms with Crippen LogP contribution in [-0.2, 0) is 16.0 Å². The predicted octanol–water partition coefficient (Wildman–Crippen LogP) is 3.70. The number of carbonyl (C=O) groups is 2. The normalized spacial score (nSPS) is 12.3. The van der Waals surface area contributed by atoms with E-state index >= 15 is 0 Å². The zero-order chi connectivity index (χ0) is 25.5.